The van der Waals surface area contributed by atoms with Crippen molar-refractivity contribution in [3.63, 3.8) is 0 Å². The van der Waals surface area contributed by atoms with E-state index >= 15 is 0 Å². The number of aromatic nitrogens is 3. The highest BCUT2D eigenvalue weighted by atomic mass is 15.3. The third-order valence-corrected chi connectivity index (χ3v) is 2.41. The predicted molar refractivity (Wildman–Crippen MR) is 51.7 cm³/mol. The fourth-order valence-corrected chi connectivity index (χ4v) is 1.41. The molecule has 0 atom stereocenters. The number of rotatable bonds is 1. The topological polar surface area (TPSA) is 30.7 Å². The van der Waals surface area contributed by atoms with Crippen LogP contribution < -0.4 is 0 Å². The lowest BCUT2D eigenvalue weighted by molar-refractivity contribution is 0.538. The second kappa shape index (κ2) is 2.56. The van der Waals surface area contributed by atoms with Crippen LogP contribution in [0.2, 0.25) is 0 Å². The van der Waals surface area contributed by atoms with Crippen molar-refractivity contribution in [2.24, 2.45) is 7.05 Å². The number of hydrogen-bond donors (Lipinski definition) is 0. The van der Waals surface area contributed by atoms with Gasteiger partial charge in [0.05, 0.1) is 0 Å². The molecule has 1 fully saturated rings. The molecule has 0 aromatic carbocycles. The van der Waals surface area contributed by atoms with Gasteiger partial charge in [-0.15, -0.1) is 0 Å². The number of hydrogen-bond acceptors (Lipinski definition) is 2. The summed E-state index contributed by atoms with van der Waals surface area (Å²) in [6.45, 7) is 6.46. The molecule has 3 nitrogen and oxygen atoms in total. The van der Waals surface area contributed by atoms with Gasteiger partial charge in [0, 0.05) is 18.4 Å². The van der Waals surface area contributed by atoms with E-state index in [0.717, 1.165) is 5.82 Å². The molecule has 1 heterocycles. The average Bonchev–Trinajstić information content (AvgIpc) is 2.73. The summed E-state index contributed by atoms with van der Waals surface area (Å²) in [7, 11) is 2.00. The van der Waals surface area contributed by atoms with Crippen LogP contribution in [0, 0.1) is 0 Å². The Balaban J connectivity index is 2.34. The highest BCUT2D eigenvalue weighted by Gasteiger charge is 2.30. The Hall–Kier alpha value is -0.860. The third-order valence-electron chi connectivity index (χ3n) is 2.41. The lowest BCUT2D eigenvalue weighted by Gasteiger charge is -2.11. The van der Waals surface area contributed by atoms with Crippen LogP contribution >= 0.6 is 0 Å². The molecule has 2 rings (SSSR count). The Bertz CT molecular complexity index is 315. The van der Waals surface area contributed by atoms with Gasteiger partial charge in [0.25, 0.3) is 0 Å². The van der Waals surface area contributed by atoms with Gasteiger partial charge in [-0.3, -0.25) is 4.68 Å². The molecule has 0 unspecified atom stereocenters. The average molecular weight is 179 g/mol. The molecule has 3 heteroatoms. The van der Waals surface area contributed by atoms with Gasteiger partial charge in [0.1, 0.15) is 5.82 Å². The summed E-state index contributed by atoms with van der Waals surface area (Å²) in [4.78, 5) is 4.59. The molecular formula is C10H17N3. The summed E-state index contributed by atoms with van der Waals surface area (Å²) in [6.07, 6.45) is 2.58. The first-order valence-corrected chi connectivity index (χ1v) is 4.90. The van der Waals surface area contributed by atoms with E-state index in [4.69, 9.17) is 0 Å². The molecule has 1 saturated carbocycles. The smallest absolute Gasteiger partial charge is 0.156 e. The molecule has 1 aromatic heterocycles. The van der Waals surface area contributed by atoms with Crippen molar-refractivity contribution >= 4 is 0 Å². The largest absolute Gasteiger partial charge is 0.253 e. The lowest BCUT2D eigenvalue weighted by atomic mass is 9.96. The minimum absolute atomic E-state index is 0.0743. The van der Waals surface area contributed by atoms with E-state index in [1.165, 1.54) is 18.7 Å². The van der Waals surface area contributed by atoms with Gasteiger partial charge in [-0.25, -0.2) is 4.98 Å². The summed E-state index contributed by atoms with van der Waals surface area (Å²) >= 11 is 0. The first kappa shape index (κ1) is 8.73. The fourth-order valence-electron chi connectivity index (χ4n) is 1.41. The molecular weight excluding hydrogens is 162 g/mol. The molecule has 13 heavy (non-hydrogen) atoms. The zero-order chi connectivity index (χ0) is 9.64. The second-order valence-electron chi connectivity index (χ2n) is 4.94. The van der Waals surface area contributed by atoms with Crippen LogP contribution in [0.4, 0.5) is 0 Å². The third kappa shape index (κ3) is 1.60. The van der Waals surface area contributed by atoms with E-state index in [0.29, 0.717) is 5.92 Å². The van der Waals surface area contributed by atoms with Crippen LogP contribution in [0.3, 0.4) is 0 Å². The maximum atomic E-state index is 4.59. The van der Waals surface area contributed by atoms with Crippen LogP contribution in [0.25, 0.3) is 0 Å². The summed E-state index contributed by atoms with van der Waals surface area (Å²) in [6, 6.07) is 0. The molecule has 0 N–H and O–H groups in total. The van der Waals surface area contributed by atoms with Gasteiger partial charge in [-0.1, -0.05) is 20.8 Å². The van der Waals surface area contributed by atoms with E-state index in [-0.39, 0.29) is 5.41 Å². The highest BCUT2D eigenvalue weighted by Crippen LogP contribution is 2.39. The Kier molecular flexibility index (Phi) is 1.72. The van der Waals surface area contributed by atoms with Gasteiger partial charge in [0.2, 0.25) is 0 Å². The summed E-state index contributed by atoms with van der Waals surface area (Å²) < 4.78 is 1.94. The highest BCUT2D eigenvalue weighted by molar-refractivity contribution is 5.10. The normalized spacial score (nSPS) is 17.8. The molecule has 1 aliphatic carbocycles. The van der Waals surface area contributed by atoms with Gasteiger partial charge >= 0.3 is 0 Å². The van der Waals surface area contributed by atoms with Crippen molar-refractivity contribution in [3.05, 3.63) is 11.6 Å². The van der Waals surface area contributed by atoms with Crippen LogP contribution in [0.5, 0.6) is 0 Å². The Morgan fingerprint density at radius 3 is 2.31 bits per heavy atom. The van der Waals surface area contributed by atoms with Crippen molar-refractivity contribution in [1.29, 1.82) is 0 Å². The van der Waals surface area contributed by atoms with Crippen LogP contribution in [-0.4, -0.2) is 14.8 Å². The molecule has 0 spiro atoms. The monoisotopic (exact) mass is 179 g/mol. The number of aryl methyl sites for hydroxylation is 1. The van der Waals surface area contributed by atoms with E-state index in [1.807, 2.05) is 11.7 Å². The van der Waals surface area contributed by atoms with Crippen molar-refractivity contribution in [3.8, 4) is 0 Å². The van der Waals surface area contributed by atoms with Crippen LogP contribution in [-0.2, 0) is 12.5 Å². The quantitative estimate of drug-likeness (QED) is 0.660. The molecule has 0 amide bonds. The first-order valence-electron chi connectivity index (χ1n) is 4.90. The van der Waals surface area contributed by atoms with Crippen molar-refractivity contribution in [2.45, 2.75) is 44.9 Å². The maximum absolute atomic E-state index is 4.59. The van der Waals surface area contributed by atoms with Crippen molar-refractivity contribution in [2.75, 3.05) is 0 Å². The lowest BCUT2D eigenvalue weighted by Crippen LogP contribution is -2.13. The molecule has 1 aromatic rings. The molecule has 0 saturated heterocycles. The number of nitrogens with zero attached hydrogens (tertiary/aromatic N) is 3. The van der Waals surface area contributed by atoms with E-state index in [2.05, 4.69) is 30.9 Å². The van der Waals surface area contributed by atoms with Crippen molar-refractivity contribution < 1.29 is 0 Å². The molecule has 0 radical (unpaired) electrons. The summed E-state index contributed by atoms with van der Waals surface area (Å²) in [5.74, 6) is 2.83. The Morgan fingerprint density at radius 1 is 1.31 bits per heavy atom. The van der Waals surface area contributed by atoms with Crippen LogP contribution in [0.15, 0.2) is 0 Å². The van der Waals surface area contributed by atoms with E-state index in [1.54, 1.807) is 0 Å². The minimum Gasteiger partial charge on any atom is -0.253 e. The Labute approximate surface area is 79.2 Å². The summed E-state index contributed by atoms with van der Waals surface area (Å²) in [5, 5.41) is 4.45. The van der Waals surface area contributed by atoms with E-state index < -0.39 is 0 Å². The molecule has 72 valence electrons. The van der Waals surface area contributed by atoms with E-state index in [9.17, 15) is 0 Å². The van der Waals surface area contributed by atoms with Gasteiger partial charge in [-0.2, -0.15) is 5.10 Å². The first-order chi connectivity index (χ1) is 5.98. The van der Waals surface area contributed by atoms with Gasteiger partial charge < -0.3 is 0 Å². The maximum Gasteiger partial charge on any atom is 0.156 e. The van der Waals surface area contributed by atoms with Crippen LogP contribution in [0.1, 0.15) is 51.2 Å². The molecule has 0 bridgehead atoms. The second-order valence-corrected chi connectivity index (χ2v) is 4.94. The predicted octanol–water partition coefficient (Wildman–Crippen LogP) is 1.99. The molecule has 1 aliphatic rings. The minimum atomic E-state index is 0.0743. The SMILES string of the molecule is Cn1nc(C(C)(C)C)nc1C1CC1. The van der Waals surface area contributed by atoms with Crippen molar-refractivity contribution in [1.82, 2.24) is 14.8 Å². The van der Waals surface area contributed by atoms with Gasteiger partial charge in [0.15, 0.2) is 5.82 Å². The zero-order valence-corrected chi connectivity index (χ0v) is 8.83. The fraction of sp³-hybridized carbons (Fsp3) is 0.800. The van der Waals surface area contributed by atoms with Gasteiger partial charge in [-0.05, 0) is 12.8 Å². The molecule has 0 aliphatic heterocycles. The summed E-state index contributed by atoms with van der Waals surface area (Å²) in [5.41, 5.74) is 0.0743. The zero-order valence-electron chi connectivity index (χ0n) is 8.83. The standard InChI is InChI=1S/C10H17N3/c1-10(2,3)9-11-8(7-5-6-7)13(4)12-9/h7H,5-6H2,1-4H3. The Morgan fingerprint density at radius 2 is 1.92 bits per heavy atom.